The first-order valence-electron chi connectivity index (χ1n) is 7.49. The van der Waals surface area contributed by atoms with Crippen LogP contribution in [0, 0.1) is 5.82 Å². The molecule has 0 radical (unpaired) electrons. The third-order valence-corrected chi connectivity index (χ3v) is 3.78. The van der Waals surface area contributed by atoms with E-state index in [0.29, 0.717) is 6.54 Å². The molecule has 2 rings (SSSR count). The second-order valence-electron chi connectivity index (χ2n) is 5.60. The molecule has 0 heterocycles. The van der Waals surface area contributed by atoms with E-state index in [1.165, 1.54) is 24.1 Å². The number of carbonyl (C=O) groups is 1. The van der Waals surface area contributed by atoms with Gasteiger partial charge in [0.1, 0.15) is 6.04 Å². The fourth-order valence-electron chi connectivity index (χ4n) is 2.45. The maximum Gasteiger partial charge on any atom is 0.251 e. The van der Waals surface area contributed by atoms with Crippen molar-refractivity contribution in [3.05, 3.63) is 65.5 Å². The van der Waals surface area contributed by atoms with Crippen LogP contribution in [0.4, 0.5) is 4.39 Å². The third-order valence-electron chi connectivity index (χ3n) is 3.78. The number of halogens is 1. The zero-order valence-corrected chi connectivity index (χ0v) is 13.6. The Morgan fingerprint density at radius 3 is 2.48 bits per heavy atom. The van der Waals surface area contributed by atoms with Gasteiger partial charge in [0.15, 0.2) is 11.6 Å². The van der Waals surface area contributed by atoms with Gasteiger partial charge in [0, 0.05) is 11.1 Å². The lowest BCUT2D eigenvalue weighted by Gasteiger charge is -2.22. The van der Waals surface area contributed by atoms with Crippen LogP contribution in [-0.4, -0.2) is 33.7 Å². The monoisotopic (exact) mass is 317 g/mol. The molecular formula is C18H22FN2O2+. The van der Waals surface area contributed by atoms with Crippen molar-refractivity contribution in [2.24, 2.45) is 0 Å². The molecule has 0 aromatic heterocycles. The number of carbonyl (C=O) groups excluding carboxylic acids is 1. The number of hydrogen-bond acceptors (Lipinski definition) is 2. The lowest BCUT2D eigenvalue weighted by atomic mass is 10.1. The van der Waals surface area contributed by atoms with Crippen LogP contribution in [0.3, 0.4) is 0 Å². The summed E-state index contributed by atoms with van der Waals surface area (Å²) in [7, 11) is 5.47. The van der Waals surface area contributed by atoms with E-state index in [2.05, 4.69) is 5.32 Å². The van der Waals surface area contributed by atoms with Crippen molar-refractivity contribution in [3.63, 3.8) is 0 Å². The molecular weight excluding hydrogens is 295 g/mol. The van der Waals surface area contributed by atoms with E-state index in [1.54, 1.807) is 6.07 Å². The van der Waals surface area contributed by atoms with E-state index >= 15 is 0 Å². The normalized spacial score (nSPS) is 12.0. The number of ether oxygens (including phenoxy) is 1. The van der Waals surface area contributed by atoms with Gasteiger partial charge in [-0.1, -0.05) is 30.3 Å². The molecule has 0 unspecified atom stereocenters. The van der Waals surface area contributed by atoms with Gasteiger partial charge >= 0.3 is 0 Å². The van der Waals surface area contributed by atoms with Gasteiger partial charge in [0.2, 0.25) is 0 Å². The van der Waals surface area contributed by atoms with E-state index in [1.807, 2.05) is 44.4 Å². The van der Waals surface area contributed by atoms with Crippen molar-refractivity contribution in [1.29, 1.82) is 0 Å². The number of quaternary nitrogens is 1. The van der Waals surface area contributed by atoms with Crippen molar-refractivity contribution in [2.45, 2.75) is 6.04 Å². The Kier molecular flexibility index (Phi) is 5.71. The Labute approximate surface area is 135 Å². The average molecular weight is 317 g/mol. The maximum absolute atomic E-state index is 13.7. The van der Waals surface area contributed by atoms with Crippen molar-refractivity contribution >= 4 is 5.91 Å². The highest BCUT2D eigenvalue weighted by Crippen LogP contribution is 2.17. The molecule has 5 heteroatoms. The van der Waals surface area contributed by atoms with Gasteiger partial charge in [-0.2, -0.15) is 0 Å². The van der Waals surface area contributed by atoms with E-state index in [0.717, 1.165) is 5.56 Å². The number of hydrogen-bond donors (Lipinski definition) is 2. The Balaban J connectivity index is 2.06. The lowest BCUT2D eigenvalue weighted by molar-refractivity contribution is -0.890. The Hall–Kier alpha value is -2.40. The van der Waals surface area contributed by atoms with Gasteiger partial charge in [-0.3, -0.25) is 4.79 Å². The average Bonchev–Trinajstić information content (AvgIpc) is 2.55. The van der Waals surface area contributed by atoms with Crippen LogP contribution in [0.5, 0.6) is 5.75 Å². The van der Waals surface area contributed by atoms with Gasteiger partial charge < -0.3 is 15.0 Å². The number of nitrogens with one attached hydrogen (secondary N) is 2. The molecule has 1 amide bonds. The summed E-state index contributed by atoms with van der Waals surface area (Å²) in [5.41, 5.74) is 1.43. The summed E-state index contributed by atoms with van der Waals surface area (Å²) in [4.78, 5) is 13.4. The van der Waals surface area contributed by atoms with Crippen LogP contribution in [0.15, 0.2) is 48.5 Å². The molecule has 2 aromatic carbocycles. The quantitative estimate of drug-likeness (QED) is 0.847. The summed E-state index contributed by atoms with van der Waals surface area (Å²) in [6.45, 7) is 0.471. The standard InChI is InChI=1S/C18H21FN2O2/c1-21(2)16(13-7-5-4-6-8-13)12-20-18(22)14-9-10-17(23-3)15(19)11-14/h4-11,16H,12H2,1-3H3,(H,20,22)/p+1/t16-/m0/s1. The van der Waals surface area contributed by atoms with Gasteiger partial charge in [0.05, 0.1) is 27.7 Å². The number of amides is 1. The highest BCUT2D eigenvalue weighted by molar-refractivity contribution is 5.94. The van der Waals surface area contributed by atoms with Crippen molar-refractivity contribution in [3.8, 4) is 5.75 Å². The van der Waals surface area contributed by atoms with Crippen LogP contribution in [-0.2, 0) is 0 Å². The van der Waals surface area contributed by atoms with Gasteiger partial charge in [-0.15, -0.1) is 0 Å². The molecule has 1 atom stereocenters. The van der Waals surface area contributed by atoms with Crippen LogP contribution < -0.4 is 15.0 Å². The minimum Gasteiger partial charge on any atom is -0.494 e. The highest BCUT2D eigenvalue weighted by atomic mass is 19.1. The summed E-state index contributed by atoms with van der Waals surface area (Å²) in [6, 6.07) is 14.3. The molecule has 0 spiro atoms. The Bertz CT molecular complexity index is 659. The second kappa shape index (κ2) is 7.74. The van der Waals surface area contributed by atoms with Crippen LogP contribution in [0.25, 0.3) is 0 Å². The fourth-order valence-corrected chi connectivity index (χ4v) is 2.45. The predicted octanol–water partition coefficient (Wildman–Crippen LogP) is 1.45. The van der Waals surface area contributed by atoms with Gasteiger partial charge in [-0.25, -0.2) is 4.39 Å². The van der Waals surface area contributed by atoms with E-state index in [-0.39, 0.29) is 23.3 Å². The van der Waals surface area contributed by atoms with Gasteiger partial charge in [-0.05, 0) is 18.2 Å². The largest absolute Gasteiger partial charge is 0.494 e. The molecule has 0 saturated heterocycles. The number of likely N-dealkylation sites (N-methyl/N-ethyl adjacent to an activating group) is 1. The zero-order valence-electron chi connectivity index (χ0n) is 13.6. The van der Waals surface area contributed by atoms with Crippen LogP contribution >= 0.6 is 0 Å². The summed E-state index contributed by atoms with van der Waals surface area (Å²) < 4.78 is 18.6. The Morgan fingerprint density at radius 2 is 1.91 bits per heavy atom. The lowest BCUT2D eigenvalue weighted by Crippen LogP contribution is -3.07. The van der Waals surface area contributed by atoms with Gasteiger partial charge in [0.25, 0.3) is 5.91 Å². The fraction of sp³-hybridized carbons (Fsp3) is 0.278. The zero-order chi connectivity index (χ0) is 16.8. The summed E-state index contributed by atoms with van der Waals surface area (Å²) in [6.07, 6.45) is 0. The molecule has 2 N–H and O–H groups in total. The molecule has 0 aliphatic rings. The molecule has 0 aliphatic carbocycles. The third kappa shape index (κ3) is 4.29. The molecule has 0 saturated carbocycles. The molecule has 0 aliphatic heterocycles. The molecule has 4 nitrogen and oxygen atoms in total. The van der Waals surface area contributed by atoms with Crippen LogP contribution in [0.2, 0.25) is 0 Å². The SMILES string of the molecule is COc1ccc(C(=O)NC[C@@H](c2ccccc2)[NH+](C)C)cc1F. The smallest absolute Gasteiger partial charge is 0.251 e. The topological polar surface area (TPSA) is 42.8 Å². The van der Waals surface area contributed by atoms with Crippen molar-refractivity contribution < 1.29 is 18.8 Å². The summed E-state index contributed by atoms with van der Waals surface area (Å²) in [5.74, 6) is -0.715. The molecule has 122 valence electrons. The minimum absolute atomic E-state index is 0.126. The number of benzene rings is 2. The molecule has 23 heavy (non-hydrogen) atoms. The molecule has 2 aromatic rings. The van der Waals surface area contributed by atoms with Crippen molar-refractivity contribution in [2.75, 3.05) is 27.7 Å². The first kappa shape index (κ1) is 17.0. The van der Waals surface area contributed by atoms with Crippen LogP contribution in [0.1, 0.15) is 22.0 Å². The molecule has 0 bridgehead atoms. The maximum atomic E-state index is 13.7. The predicted molar refractivity (Wildman–Crippen MR) is 87.3 cm³/mol. The molecule has 0 fully saturated rings. The first-order chi connectivity index (χ1) is 11.0. The Morgan fingerprint density at radius 1 is 1.22 bits per heavy atom. The minimum atomic E-state index is -0.544. The van der Waals surface area contributed by atoms with E-state index < -0.39 is 5.82 Å². The summed E-state index contributed by atoms with van der Waals surface area (Å²) in [5, 5.41) is 2.88. The summed E-state index contributed by atoms with van der Waals surface area (Å²) >= 11 is 0. The van der Waals surface area contributed by atoms with E-state index in [4.69, 9.17) is 4.74 Å². The second-order valence-corrected chi connectivity index (χ2v) is 5.60. The first-order valence-corrected chi connectivity index (χ1v) is 7.49. The van der Waals surface area contributed by atoms with Crippen molar-refractivity contribution in [1.82, 2.24) is 5.32 Å². The number of methoxy groups -OCH3 is 1. The number of rotatable bonds is 6. The van der Waals surface area contributed by atoms with E-state index in [9.17, 15) is 9.18 Å². The highest BCUT2D eigenvalue weighted by Gasteiger charge is 2.19.